The summed E-state index contributed by atoms with van der Waals surface area (Å²) in [4.78, 5) is 11.1. The number of nitrogens with one attached hydrogen (secondary N) is 1. The van der Waals surface area contributed by atoms with E-state index in [4.69, 9.17) is 20.9 Å². The van der Waals surface area contributed by atoms with Gasteiger partial charge in [0.05, 0.1) is 0 Å². The van der Waals surface area contributed by atoms with E-state index in [1.165, 1.54) is 11.1 Å². The predicted molar refractivity (Wildman–Crippen MR) is 145 cm³/mol. The van der Waals surface area contributed by atoms with Crippen molar-refractivity contribution in [3.8, 4) is 11.5 Å². The number of aliphatic imine (C=N–C) groups is 2. The standard InChI is InChI=1S/C28H32N6O2/c1-17-27(29)32-23-12-21(8-10-25(23)35-17)15-31-14-19-4-6-20(7-5-19)16-34(3)22-9-11-26-24(13-22)33-28(30)18(2)36-26/h4-13,17-18,31H,14-16H2,1-3H3,(H2,29,32)(H2,30,33). The Bertz CT molecular complexity index is 1320. The molecule has 3 aromatic carbocycles. The molecule has 2 aliphatic heterocycles. The van der Waals surface area contributed by atoms with Gasteiger partial charge in [-0.25, -0.2) is 9.98 Å². The number of amidine groups is 2. The van der Waals surface area contributed by atoms with Crippen LogP contribution in [0.1, 0.15) is 30.5 Å². The van der Waals surface area contributed by atoms with Gasteiger partial charge in [-0.1, -0.05) is 30.3 Å². The molecule has 2 atom stereocenters. The van der Waals surface area contributed by atoms with Crippen LogP contribution in [-0.2, 0) is 19.6 Å². The fraction of sp³-hybridized carbons (Fsp3) is 0.286. The van der Waals surface area contributed by atoms with Gasteiger partial charge in [0.25, 0.3) is 0 Å². The molecule has 0 aliphatic carbocycles. The minimum Gasteiger partial charge on any atom is -0.481 e. The van der Waals surface area contributed by atoms with Gasteiger partial charge in [0.2, 0.25) is 0 Å². The second kappa shape index (κ2) is 9.91. The van der Waals surface area contributed by atoms with Crippen LogP contribution in [-0.4, -0.2) is 30.9 Å². The average Bonchev–Trinajstić information content (AvgIpc) is 2.86. The summed E-state index contributed by atoms with van der Waals surface area (Å²) in [6, 6.07) is 20.7. The second-order valence-corrected chi connectivity index (χ2v) is 9.32. The molecule has 0 radical (unpaired) electrons. The number of nitrogens with zero attached hydrogens (tertiary/aromatic N) is 3. The Hall–Kier alpha value is -4.04. The van der Waals surface area contributed by atoms with Crippen molar-refractivity contribution in [1.29, 1.82) is 0 Å². The maximum absolute atomic E-state index is 5.95. The molecule has 2 aliphatic rings. The van der Waals surface area contributed by atoms with Crippen molar-refractivity contribution in [3.05, 3.63) is 77.4 Å². The lowest BCUT2D eigenvalue weighted by Crippen LogP contribution is -2.33. The van der Waals surface area contributed by atoms with Gasteiger partial charge in [-0.05, 0) is 60.9 Å². The quantitative estimate of drug-likeness (QED) is 0.465. The molecular formula is C28H32N6O2. The first kappa shape index (κ1) is 23.7. The smallest absolute Gasteiger partial charge is 0.153 e. The zero-order chi connectivity index (χ0) is 25.2. The lowest BCUT2D eigenvalue weighted by Gasteiger charge is -2.24. The van der Waals surface area contributed by atoms with Gasteiger partial charge in [0, 0.05) is 32.4 Å². The molecule has 0 aromatic heterocycles. The minimum absolute atomic E-state index is 0.186. The van der Waals surface area contributed by atoms with Crippen LogP contribution in [0.25, 0.3) is 0 Å². The summed E-state index contributed by atoms with van der Waals surface area (Å²) in [5.74, 6) is 2.55. The summed E-state index contributed by atoms with van der Waals surface area (Å²) >= 11 is 0. The molecule has 5 N–H and O–H groups in total. The largest absolute Gasteiger partial charge is 0.481 e. The molecule has 36 heavy (non-hydrogen) atoms. The Balaban J connectivity index is 1.15. The van der Waals surface area contributed by atoms with Crippen molar-refractivity contribution < 1.29 is 9.47 Å². The Morgan fingerprint density at radius 1 is 0.750 bits per heavy atom. The highest BCUT2D eigenvalue weighted by atomic mass is 16.5. The van der Waals surface area contributed by atoms with E-state index in [0.29, 0.717) is 11.7 Å². The van der Waals surface area contributed by atoms with Crippen LogP contribution < -0.4 is 31.2 Å². The molecule has 0 spiro atoms. The van der Waals surface area contributed by atoms with E-state index in [9.17, 15) is 0 Å². The molecule has 0 saturated carbocycles. The number of ether oxygens (including phenoxy) is 2. The Labute approximate surface area is 211 Å². The van der Waals surface area contributed by atoms with E-state index in [2.05, 4.69) is 57.6 Å². The molecule has 186 valence electrons. The molecule has 2 unspecified atom stereocenters. The number of nitrogens with two attached hydrogens (primary N) is 2. The van der Waals surface area contributed by atoms with Crippen molar-refractivity contribution in [2.75, 3.05) is 11.9 Å². The van der Waals surface area contributed by atoms with Gasteiger partial charge >= 0.3 is 0 Å². The van der Waals surface area contributed by atoms with Crippen molar-refractivity contribution in [1.82, 2.24) is 5.32 Å². The van der Waals surface area contributed by atoms with Gasteiger partial charge in [-0.2, -0.15) is 0 Å². The maximum Gasteiger partial charge on any atom is 0.153 e. The molecule has 8 nitrogen and oxygen atoms in total. The molecule has 0 saturated heterocycles. The number of fused-ring (bicyclic) bond motifs is 2. The maximum atomic E-state index is 5.95. The molecule has 3 aromatic rings. The lowest BCUT2D eigenvalue weighted by atomic mass is 10.1. The van der Waals surface area contributed by atoms with Crippen LogP contribution >= 0.6 is 0 Å². The fourth-order valence-corrected chi connectivity index (χ4v) is 4.23. The fourth-order valence-electron chi connectivity index (χ4n) is 4.23. The van der Waals surface area contributed by atoms with E-state index in [1.54, 1.807) is 0 Å². The Kier molecular flexibility index (Phi) is 6.52. The van der Waals surface area contributed by atoms with Crippen LogP contribution in [0.15, 0.2) is 70.6 Å². The molecule has 0 bridgehead atoms. The zero-order valence-corrected chi connectivity index (χ0v) is 20.9. The third kappa shape index (κ3) is 5.13. The van der Waals surface area contributed by atoms with Gasteiger partial charge in [0.15, 0.2) is 12.2 Å². The van der Waals surface area contributed by atoms with Crippen LogP contribution in [0.3, 0.4) is 0 Å². The first-order chi connectivity index (χ1) is 17.4. The van der Waals surface area contributed by atoms with Gasteiger partial charge in [-0.3, -0.25) is 0 Å². The highest BCUT2D eigenvalue weighted by Crippen LogP contribution is 2.36. The summed E-state index contributed by atoms with van der Waals surface area (Å²) in [6.45, 7) is 6.08. The summed E-state index contributed by atoms with van der Waals surface area (Å²) in [6.07, 6.45) is -0.381. The number of hydrogen-bond acceptors (Lipinski definition) is 8. The highest BCUT2D eigenvalue weighted by Gasteiger charge is 2.19. The molecule has 0 fully saturated rings. The van der Waals surface area contributed by atoms with Gasteiger partial charge in [-0.15, -0.1) is 0 Å². The topological polar surface area (TPSA) is 110 Å². The highest BCUT2D eigenvalue weighted by molar-refractivity contribution is 5.90. The number of rotatable bonds is 7. The van der Waals surface area contributed by atoms with Gasteiger partial charge < -0.3 is 31.2 Å². The summed E-state index contributed by atoms with van der Waals surface area (Å²) < 4.78 is 11.6. The van der Waals surface area contributed by atoms with Crippen LogP contribution in [0.2, 0.25) is 0 Å². The monoisotopic (exact) mass is 484 g/mol. The van der Waals surface area contributed by atoms with Crippen LogP contribution in [0.5, 0.6) is 11.5 Å². The van der Waals surface area contributed by atoms with E-state index in [-0.39, 0.29) is 12.2 Å². The number of benzene rings is 3. The molecule has 8 heteroatoms. The first-order valence-electron chi connectivity index (χ1n) is 12.1. The van der Waals surface area contributed by atoms with Gasteiger partial charge in [0.1, 0.15) is 34.5 Å². The molecule has 0 amide bonds. The number of anilines is 1. The SMILES string of the molecule is CC1Oc2ccc(CNCc3ccc(CN(C)c4ccc5c(c4)N=C(N)C(C)O5)cc3)cc2N=C1N. The van der Waals surface area contributed by atoms with Crippen LogP contribution in [0, 0.1) is 0 Å². The molecule has 5 rings (SSSR count). The van der Waals surface area contributed by atoms with Crippen LogP contribution in [0.4, 0.5) is 17.1 Å². The second-order valence-electron chi connectivity index (χ2n) is 9.32. The third-order valence-electron chi connectivity index (χ3n) is 6.45. The summed E-state index contributed by atoms with van der Waals surface area (Å²) in [5, 5.41) is 3.50. The van der Waals surface area contributed by atoms with E-state index >= 15 is 0 Å². The third-order valence-corrected chi connectivity index (χ3v) is 6.45. The minimum atomic E-state index is -0.195. The normalized spacial score (nSPS) is 18.2. The van der Waals surface area contributed by atoms with Crippen molar-refractivity contribution in [3.63, 3.8) is 0 Å². The van der Waals surface area contributed by atoms with E-state index in [0.717, 1.165) is 53.8 Å². The zero-order valence-electron chi connectivity index (χ0n) is 20.9. The van der Waals surface area contributed by atoms with E-state index in [1.807, 2.05) is 44.2 Å². The molecular weight excluding hydrogens is 452 g/mol. The summed E-state index contributed by atoms with van der Waals surface area (Å²) in [5.41, 5.74) is 18.1. The summed E-state index contributed by atoms with van der Waals surface area (Å²) in [7, 11) is 2.07. The Morgan fingerprint density at radius 2 is 1.28 bits per heavy atom. The van der Waals surface area contributed by atoms with Crippen molar-refractivity contribution in [2.45, 2.75) is 45.7 Å². The predicted octanol–water partition coefficient (Wildman–Crippen LogP) is 4.15. The Morgan fingerprint density at radius 3 is 1.94 bits per heavy atom. The van der Waals surface area contributed by atoms with Crippen molar-refractivity contribution >= 4 is 28.7 Å². The molecule has 2 heterocycles. The average molecular weight is 485 g/mol. The first-order valence-corrected chi connectivity index (χ1v) is 12.1. The number of hydrogen-bond donors (Lipinski definition) is 3. The van der Waals surface area contributed by atoms with Crippen molar-refractivity contribution in [2.24, 2.45) is 21.5 Å². The van der Waals surface area contributed by atoms with E-state index < -0.39 is 0 Å². The lowest BCUT2D eigenvalue weighted by molar-refractivity contribution is 0.281.